The summed E-state index contributed by atoms with van der Waals surface area (Å²) in [6.45, 7) is 8.43. The summed E-state index contributed by atoms with van der Waals surface area (Å²) in [6.07, 6.45) is 3.56. The third-order valence-electron chi connectivity index (χ3n) is 2.03. The van der Waals surface area contributed by atoms with Gasteiger partial charge in [-0.3, -0.25) is 20.0 Å². The molecule has 0 bridgehead atoms. The van der Waals surface area contributed by atoms with Crippen LogP contribution in [0.1, 0.15) is 34.1 Å². The van der Waals surface area contributed by atoms with Gasteiger partial charge in [0.05, 0.1) is 0 Å². The number of hydrogen-bond donors (Lipinski definition) is 1. The number of carbonyl (C=O) groups excluding carboxylic acids is 2. The van der Waals surface area contributed by atoms with Gasteiger partial charge < -0.3 is 0 Å². The summed E-state index contributed by atoms with van der Waals surface area (Å²) >= 11 is 0. The van der Waals surface area contributed by atoms with Gasteiger partial charge >= 0.3 is 6.03 Å². The number of anilines is 1. The van der Waals surface area contributed by atoms with Crippen molar-refractivity contribution in [3.63, 3.8) is 0 Å². The molecule has 0 unspecified atom stereocenters. The van der Waals surface area contributed by atoms with Gasteiger partial charge in [0, 0.05) is 31.0 Å². The lowest BCUT2D eigenvalue weighted by atomic mass is 10.2. The fourth-order valence-electron chi connectivity index (χ4n) is 1.33. The molecule has 5 heteroatoms. The number of amides is 3. The van der Waals surface area contributed by atoms with E-state index in [1.807, 2.05) is 27.7 Å². The molecule has 0 atom stereocenters. The van der Waals surface area contributed by atoms with E-state index < -0.39 is 0 Å². The molecule has 1 aliphatic rings. The van der Waals surface area contributed by atoms with Crippen LogP contribution in [-0.2, 0) is 4.79 Å². The molecule has 5 nitrogen and oxygen atoms in total. The van der Waals surface area contributed by atoms with E-state index in [9.17, 15) is 9.59 Å². The van der Waals surface area contributed by atoms with Crippen molar-refractivity contribution < 1.29 is 9.59 Å². The monoisotopic (exact) mass is 251 g/mol. The van der Waals surface area contributed by atoms with E-state index in [-0.39, 0.29) is 11.9 Å². The number of nitrogens with one attached hydrogen (secondary N) is 1. The first kappa shape index (κ1) is 16.1. The fourth-order valence-corrected chi connectivity index (χ4v) is 1.33. The summed E-state index contributed by atoms with van der Waals surface area (Å²) in [4.78, 5) is 27.6. The molecule has 2 heterocycles. The number of urea groups is 1. The number of carbonyl (C=O) groups is 2. The smallest absolute Gasteiger partial charge is 0.294 e. The molecular formula is C13H21N3O2. The number of pyridine rings is 1. The largest absolute Gasteiger partial charge is 0.328 e. The van der Waals surface area contributed by atoms with Crippen LogP contribution in [0.25, 0.3) is 0 Å². The first-order valence-corrected chi connectivity index (χ1v) is 6.29. The molecule has 0 spiro atoms. The summed E-state index contributed by atoms with van der Waals surface area (Å²) in [7, 11) is 0. The predicted molar refractivity (Wildman–Crippen MR) is 72.4 cm³/mol. The highest BCUT2D eigenvalue weighted by Crippen LogP contribution is 2.14. The van der Waals surface area contributed by atoms with E-state index in [0.29, 0.717) is 13.0 Å². The van der Waals surface area contributed by atoms with Gasteiger partial charge in [0.2, 0.25) is 5.91 Å². The minimum atomic E-state index is -0.368. The highest BCUT2D eigenvalue weighted by Gasteiger charge is 2.23. The third-order valence-corrected chi connectivity index (χ3v) is 2.03. The van der Waals surface area contributed by atoms with Crippen molar-refractivity contribution in [2.45, 2.75) is 34.1 Å². The molecule has 1 aromatic heterocycles. The van der Waals surface area contributed by atoms with Crippen molar-refractivity contribution >= 4 is 17.6 Å². The van der Waals surface area contributed by atoms with Crippen LogP contribution in [0.3, 0.4) is 0 Å². The van der Waals surface area contributed by atoms with E-state index in [1.165, 1.54) is 4.90 Å². The second-order valence-electron chi connectivity index (χ2n) is 2.96. The van der Waals surface area contributed by atoms with Crippen LogP contribution in [0.2, 0.25) is 0 Å². The van der Waals surface area contributed by atoms with Crippen LogP contribution in [0.5, 0.6) is 0 Å². The predicted octanol–water partition coefficient (Wildman–Crippen LogP) is 2.58. The van der Waals surface area contributed by atoms with Crippen LogP contribution in [0.15, 0.2) is 24.5 Å². The molecule has 2 rings (SSSR count). The summed E-state index contributed by atoms with van der Waals surface area (Å²) in [5, 5.41) is 2.26. The molecule has 18 heavy (non-hydrogen) atoms. The standard InChI is InChI=1S/C9H9N3O2.2C2H6/c13-8-3-6-12(9(14)11-8)7-1-4-10-5-2-7;2*1-2/h1-2,4-5H,3,6H2,(H,11,13,14);2*1-2H3. The van der Waals surface area contributed by atoms with Gasteiger partial charge in [-0.05, 0) is 12.1 Å². The van der Waals surface area contributed by atoms with Gasteiger partial charge in [-0.25, -0.2) is 4.79 Å². The van der Waals surface area contributed by atoms with Gasteiger partial charge in [-0.2, -0.15) is 0 Å². The Morgan fingerprint density at radius 1 is 1.11 bits per heavy atom. The van der Waals surface area contributed by atoms with Crippen molar-refractivity contribution in [2.75, 3.05) is 11.4 Å². The normalized spacial score (nSPS) is 13.7. The summed E-state index contributed by atoms with van der Waals surface area (Å²) < 4.78 is 0. The summed E-state index contributed by atoms with van der Waals surface area (Å²) in [6, 6.07) is 3.09. The van der Waals surface area contributed by atoms with Gasteiger partial charge in [0.1, 0.15) is 0 Å². The van der Waals surface area contributed by atoms with E-state index in [4.69, 9.17) is 0 Å². The maximum absolute atomic E-state index is 11.4. The number of nitrogens with zero attached hydrogens (tertiary/aromatic N) is 2. The molecule has 1 aliphatic heterocycles. The molecule has 1 fully saturated rings. The minimum Gasteiger partial charge on any atom is -0.294 e. The first-order chi connectivity index (χ1) is 8.77. The van der Waals surface area contributed by atoms with Gasteiger partial charge in [-0.15, -0.1) is 0 Å². The van der Waals surface area contributed by atoms with Gasteiger partial charge in [-0.1, -0.05) is 27.7 Å². The second-order valence-corrected chi connectivity index (χ2v) is 2.96. The lowest BCUT2D eigenvalue weighted by molar-refractivity contribution is -0.120. The zero-order valence-electron chi connectivity index (χ0n) is 11.4. The Kier molecular flexibility index (Phi) is 8.18. The SMILES string of the molecule is CC.CC.O=C1CCN(c2ccncc2)C(=O)N1. The van der Waals surface area contributed by atoms with Crippen molar-refractivity contribution in [3.05, 3.63) is 24.5 Å². The number of aromatic nitrogens is 1. The molecule has 1 aromatic rings. The van der Waals surface area contributed by atoms with Crippen LogP contribution in [0.4, 0.5) is 10.5 Å². The molecule has 0 aliphatic carbocycles. The van der Waals surface area contributed by atoms with Gasteiger partial charge in [0.15, 0.2) is 0 Å². The van der Waals surface area contributed by atoms with Crippen molar-refractivity contribution in [1.29, 1.82) is 0 Å². The van der Waals surface area contributed by atoms with Crippen molar-refractivity contribution in [2.24, 2.45) is 0 Å². The van der Waals surface area contributed by atoms with Crippen LogP contribution in [0, 0.1) is 0 Å². The summed E-state index contributed by atoms with van der Waals surface area (Å²) in [5.41, 5.74) is 0.755. The Labute approximate surface area is 108 Å². The topological polar surface area (TPSA) is 62.3 Å². The number of imide groups is 1. The maximum Gasteiger partial charge on any atom is 0.328 e. The van der Waals surface area contributed by atoms with Crippen LogP contribution < -0.4 is 10.2 Å². The lowest BCUT2D eigenvalue weighted by Crippen LogP contribution is -2.49. The van der Waals surface area contributed by atoms with E-state index in [1.54, 1.807) is 24.5 Å². The Morgan fingerprint density at radius 3 is 2.17 bits per heavy atom. The van der Waals surface area contributed by atoms with E-state index in [0.717, 1.165) is 5.69 Å². The minimum absolute atomic E-state index is 0.222. The quantitative estimate of drug-likeness (QED) is 0.834. The highest BCUT2D eigenvalue weighted by atomic mass is 16.2. The molecule has 3 amide bonds. The fraction of sp³-hybridized carbons (Fsp3) is 0.462. The zero-order valence-corrected chi connectivity index (χ0v) is 11.4. The molecule has 0 aromatic carbocycles. The molecule has 0 saturated carbocycles. The second kappa shape index (κ2) is 9.15. The molecule has 0 radical (unpaired) electrons. The van der Waals surface area contributed by atoms with Crippen LogP contribution in [-0.4, -0.2) is 23.5 Å². The molecule has 1 N–H and O–H groups in total. The van der Waals surface area contributed by atoms with Crippen molar-refractivity contribution in [1.82, 2.24) is 10.3 Å². The molecule has 1 saturated heterocycles. The average Bonchev–Trinajstić information content (AvgIpc) is 2.44. The number of hydrogen-bond acceptors (Lipinski definition) is 3. The Hall–Kier alpha value is -1.91. The zero-order chi connectivity index (χ0) is 14.0. The Morgan fingerprint density at radius 2 is 1.67 bits per heavy atom. The Bertz CT molecular complexity index is 366. The highest BCUT2D eigenvalue weighted by molar-refractivity contribution is 6.05. The van der Waals surface area contributed by atoms with Crippen LogP contribution >= 0.6 is 0 Å². The van der Waals surface area contributed by atoms with Crippen molar-refractivity contribution in [3.8, 4) is 0 Å². The first-order valence-electron chi connectivity index (χ1n) is 6.29. The maximum atomic E-state index is 11.4. The Balaban J connectivity index is 0.000000659. The number of rotatable bonds is 1. The van der Waals surface area contributed by atoms with Gasteiger partial charge in [0.25, 0.3) is 0 Å². The summed E-state index contributed by atoms with van der Waals surface area (Å²) in [5.74, 6) is -0.222. The van der Waals surface area contributed by atoms with E-state index >= 15 is 0 Å². The molecular weight excluding hydrogens is 230 g/mol. The average molecular weight is 251 g/mol. The third kappa shape index (κ3) is 4.53. The lowest BCUT2D eigenvalue weighted by Gasteiger charge is -2.26. The van der Waals surface area contributed by atoms with E-state index in [2.05, 4.69) is 10.3 Å². The molecule has 100 valence electrons.